The number of anilines is 2. The minimum Gasteiger partial charge on any atom is -0.397 e. The summed E-state index contributed by atoms with van der Waals surface area (Å²) in [5, 5.41) is 13.9. The van der Waals surface area contributed by atoms with Gasteiger partial charge in [0, 0.05) is 23.9 Å². The highest BCUT2D eigenvalue weighted by Crippen LogP contribution is 2.25. The van der Waals surface area contributed by atoms with Gasteiger partial charge in [0.15, 0.2) is 0 Å². The van der Waals surface area contributed by atoms with Crippen molar-refractivity contribution in [3.63, 3.8) is 0 Å². The molecule has 0 radical (unpaired) electrons. The second-order valence-corrected chi connectivity index (χ2v) is 4.64. The van der Waals surface area contributed by atoms with Crippen LogP contribution in [0.5, 0.6) is 0 Å². The zero-order valence-corrected chi connectivity index (χ0v) is 10.8. The fourth-order valence-corrected chi connectivity index (χ4v) is 2.20. The lowest BCUT2D eigenvalue weighted by Gasteiger charge is -2.18. The number of thioether (sulfide) groups is 1. The Hall–Kier alpha value is -1.43. The third-order valence-corrected chi connectivity index (χ3v) is 3.20. The second-order valence-electron chi connectivity index (χ2n) is 3.73. The Morgan fingerprint density at radius 1 is 1.59 bits per heavy atom. The van der Waals surface area contributed by atoms with Gasteiger partial charge in [-0.2, -0.15) is 11.8 Å². The Morgan fingerprint density at radius 2 is 2.29 bits per heavy atom. The average molecular weight is 255 g/mol. The standard InChI is InChI=1S/C11H17N3O2S/c1-3-8(7-17-2)13-11-5-4-9(14(15)16)6-10(11)12/h4-6,8,13H,3,7,12H2,1-2H3. The average Bonchev–Trinajstić information content (AvgIpc) is 2.30. The maximum Gasteiger partial charge on any atom is 0.271 e. The molecule has 0 fully saturated rings. The van der Waals surface area contributed by atoms with Crippen molar-refractivity contribution in [1.29, 1.82) is 0 Å². The number of nitrogens with two attached hydrogens (primary N) is 1. The van der Waals surface area contributed by atoms with E-state index in [2.05, 4.69) is 12.2 Å². The van der Waals surface area contributed by atoms with E-state index < -0.39 is 4.92 Å². The van der Waals surface area contributed by atoms with Gasteiger partial charge in [0.2, 0.25) is 0 Å². The van der Waals surface area contributed by atoms with E-state index >= 15 is 0 Å². The van der Waals surface area contributed by atoms with Gasteiger partial charge in [0.25, 0.3) is 5.69 Å². The number of nitrogens with zero attached hydrogens (tertiary/aromatic N) is 1. The van der Waals surface area contributed by atoms with Crippen LogP contribution in [0.25, 0.3) is 0 Å². The van der Waals surface area contributed by atoms with E-state index in [9.17, 15) is 10.1 Å². The van der Waals surface area contributed by atoms with Crippen molar-refractivity contribution in [1.82, 2.24) is 0 Å². The van der Waals surface area contributed by atoms with Crippen LogP contribution in [-0.2, 0) is 0 Å². The fraction of sp³-hybridized carbons (Fsp3) is 0.455. The molecule has 1 aromatic carbocycles. The van der Waals surface area contributed by atoms with E-state index in [1.807, 2.05) is 6.26 Å². The number of nitrogens with one attached hydrogen (secondary N) is 1. The Bertz CT molecular complexity index is 398. The van der Waals surface area contributed by atoms with Gasteiger partial charge in [0.1, 0.15) is 0 Å². The first-order chi connectivity index (χ1) is 8.08. The van der Waals surface area contributed by atoms with Crippen molar-refractivity contribution in [2.75, 3.05) is 23.1 Å². The van der Waals surface area contributed by atoms with Crippen molar-refractivity contribution < 1.29 is 4.92 Å². The maximum atomic E-state index is 10.6. The molecular formula is C11H17N3O2S. The predicted molar refractivity (Wildman–Crippen MR) is 73.6 cm³/mol. The molecular weight excluding hydrogens is 238 g/mol. The molecule has 1 rings (SSSR count). The monoisotopic (exact) mass is 255 g/mol. The van der Waals surface area contributed by atoms with Crippen molar-refractivity contribution in [2.24, 2.45) is 0 Å². The van der Waals surface area contributed by atoms with Crippen LogP contribution >= 0.6 is 11.8 Å². The first-order valence-electron chi connectivity index (χ1n) is 5.37. The third-order valence-electron chi connectivity index (χ3n) is 2.47. The summed E-state index contributed by atoms with van der Waals surface area (Å²) in [7, 11) is 0. The normalized spacial score (nSPS) is 12.1. The molecule has 1 unspecified atom stereocenters. The number of rotatable bonds is 6. The molecule has 1 atom stereocenters. The number of non-ortho nitro benzene ring substituents is 1. The summed E-state index contributed by atoms with van der Waals surface area (Å²) >= 11 is 1.76. The van der Waals surface area contributed by atoms with E-state index in [0.29, 0.717) is 11.7 Å². The van der Waals surface area contributed by atoms with Crippen LogP contribution in [0.4, 0.5) is 17.1 Å². The predicted octanol–water partition coefficient (Wildman–Crippen LogP) is 2.73. The largest absolute Gasteiger partial charge is 0.397 e. The molecule has 6 heteroatoms. The van der Waals surface area contributed by atoms with Gasteiger partial charge in [-0.05, 0) is 18.7 Å². The molecule has 5 nitrogen and oxygen atoms in total. The van der Waals surface area contributed by atoms with Gasteiger partial charge in [0.05, 0.1) is 16.3 Å². The molecule has 0 aliphatic rings. The van der Waals surface area contributed by atoms with Crippen molar-refractivity contribution >= 4 is 28.8 Å². The Morgan fingerprint density at radius 3 is 2.76 bits per heavy atom. The number of hydrogen-bond acceptors (Lipinski definition) is 5. The van der Waals surface area contributed by atoms with Crippen LogP contribution < -0.4 is 11.1 Å². The van der Waals surface area contributed by atoms with Gasteiger partial charge in [-0.25, -0.2) is 0 Å². The van der Waals surface area contributed by atoms with E-state index in [1.165, 1.54) is 12.1 Å². The van der Waals surface area contributed by atoms with E-state index in [4.69, 9.17) is 5.73 Å². The number of benzene rings is 1. The molecule has 94 valence electrons. The molecule has 0 spiro atoms. The lowest BCUT2D eigenvalue weighted by Crippen LogP contribution is -2.21. The minimum absolute atomic E-state index is 0.0194. The third kappa shape index (κ3) is 3.81. The van der Waals surface area contributed by atoms with E-state index in [-0.39, 0.29) is 5.69 Å². The molecule has 3 N–H and O–H groups in total. The van der Waals surface area contributed by atoms with Gasteiger partial charge >= 0.3 is 0 Å². The smallest absolute Gasteiger partial charge is 0.271 e. The Balaban J connectivity index is 2.81. The van der Waals surface area contributed by atoms with Crippen LogP contribution in [0, 0.1) is 10.1 Å². The van der Waals surface area contributed by atoms with Crippen LogP contribution in [0.1, 0.15) is 13.3 Å². The highest BCUT2D eigenvalue weighted by atomic mass is 32.2. The van der Waals surface area contributed by atoms with Crippen molar-refractivity contribution in [3.05, 3.63) is 28.3 Å². The van der Waals surface area contributed by atoms with Crippen LogP contribution in [0.15, 0.2) is 18.2 Å². The minimum atomic E-state index is -0.445. The van der Waals surface area contributed by atoms with E-state index in [1.54, 1.807) is 17.8 Å². The quantitative estimate of drug-likeness (QED) is 0.464. The van der Waals surface area contributed by atoms with E-state index in [0.717, 1.165) is 17.9 Å². The summed E-state index contributed by atoms with van der Waals surface area (Å²) in [4.78, 5) is 10.1. The molecule has 1 aromatic rings. The fourth-order valence-electron chi connectivity index (χ4n) is 1.48. The first kappa shape index (κ1) is 13.6. The molecule has 17 heavy (non-hydrogen) atoms. The van der Waals surface area contributed by atoms with Crippen molar-refractivity contribution in [3.8, 4) is 0 Å². The maximum absolute atomic E-state index is 10.6. The Kier molecular flexibility index (Phi) is 5.09. The topological polar surface area (TPSA) is 81.2 Å². The summed E-state index contributed by atoms with van der Waals surface area (Å²) in [6.45, 7) is 2.09. The molecule has 0 bridgehead atoms. The lowest BCUT2D eigenvalue weighted by molar-refractivity contribution is -0.384. The number of nitrogen functional groups attached to an aromatic ring is 1. The summed E-state index contributed by atoms with van der Waals surface area (Å²) in [6, 6.07) is 4.84. The molecule has 0 saturated heterocycles. The van der Waals surface area contributed by atoms with Crippen molar-refractivity contribution in [2.45, 2.75) is 19.4 Å². The highest BCUT2D eigenvalue weighted by Gasteiger charge is 2.11. The molecule has 0 heterocycles. The van der Waals surface area contributed by atoms with Crippen LogP contribution in [0.3, 0.4) is 0 Å². The number of nitro groups is 1. The highest BCUT2D eigenvalue weighted by molar-refractivity contribution is 7.98. The molecule has 0 aromatic heterocycles. The van der Waals surface area contributed by atoms with Gasteiger partial charge in [-0.15, -0.1) is 0 Å². The summed E-state index contributed by atoms with van der Waals surface area (Å²) in [5.74, 6) is 0.979. The number of nitro benzene ring substituents is 1. The zero-order chi connectivity index (χ0) is 12.8. The first-order valence-corrected chi connectivity index (χ1v) is 6.77. The molecule has 0 aliphatic heterocycles. The van der Waals surface area contributed by atoms with Gasteiger partial charge in [-0.1, -0.05) is 6.92 Å². The second kappa shape index (κ2) is 6.34. The van der Waals surface area contributed by atoms with Crippen LogP contribution in [0.2, 0.25) is 0 Å². The van der Waals surface area contributed by atoms with Gasteiger partial charge in [-0.3, -0.25) is 10.1 Å². The Labute approximate surface area is 105 Å². The van der Waals surface area contributed by atoms with Crippen LogP contribution in [-0.4, -0.2) is 23.0 Å². The van der Waals surface area contributed by atoms with Gasteiger partial charge < -0.3 is 11.1 Å². The summed E-state index contributed by atoms with van der Waals surface area (Å²) in [6.07, 6.45) is 3.03. The lowest BCUT2D eigenvalue weighted by atomic mass is 10.2. The molecule has 0 aliphatic carbocycles. The summed E-state index contributed by atoms with van der Waals surface area (Å²) < 4.78 is 0. The summed E-state index contributed by atoms with van der Waals surface area (Å²) in [5.41, 5.74) is 6.98. The molecule has 0 amide bonds. The SMILES string of the molecule is CCC(CSC)Nc1ccc([N+](=O)[O-])cc1N. The zero-order valence-electron chi connectivity index (χ0n) is 9.97. The number of hydrogen-bond donors (Lipinski definition) is 2. The molecule has 0 saturated carbocycles.